The van der Waals surface area contributed by atoms with Gasteiger partial charge in [-0.25, -0.2) is 4.39 Å². The summed E-state index contributed by atoms with van der Waals surface area (Å²) in [5.41, 5.74) is 0.102. The van der Waals surface area contributed by atoms with Crippen LogP contribution in [0.3, 0.4) is 0 Å². The van der Waals surface area contributed by atoms with Gasteiger partial charge in [-0.3, -0.25) is 9.59 Å². The zero-order chi connectivity index (χ0) is 20.3. The summed E-state index contributed by atoms with van der Waals surface area (Å²) in [4.78, 5) is 26.9. The van der Waals surface area contributed by atoms with Crippen molar-refractivity contribution in [1.82, 2.24) is 4.90 Å². The van der Waals surface area contributed by atoms with Crippen LogP contribution in [0.5, 0.6) is 11.5 Å². The van der Waals surface area contributed by atoms with Crippen molar-refractivity contribution in [2.75, 3.05) is 11.9 Å². The molecule has 2 aromatic rings. The molecule has 0 aliphatic carbocycles. The number of carbonyl (C=O) groups excluding carboxylic acids is 2. The Morgan fingerprint density at radius 1 is 1.11 bits per heavy atom. The molecule has 1 atom stereocenters. The van der Waals surface area contributed by atoms with Crippen molar-refractivity contribution in [3.63, 3.8) is 0 Å². The first-order valence-electron chi connectivity index (χ1n) is 9.39. The average Bonchev–Trinajstić information content (AvgIpc) is 3.11. The summed E-state index contributed by atoms with van der Waals surface area (Å²) in [5.74, 6) is 0.373. The molecule has 0 radical (unpaired) electrons. The van der Waals surface area contributed by atoms with Gasteiger partial charge in [0, 0.05) is 23.7 Å². The maximum atomic E-state index is 13.2. The topological polar surface area (TPSA) is 58.6 Å². The minimum atomic E-state index is -0.515. The highest BCUT2D eigenvalue weighted by Gasteiger charge is 2.38. The lowest BCUT2D eigenvalue weighted by atomic mass is 9.94. The highest BCUT2D eigenvalue weighted by molar-refractivity contribution is 5.98. The average molecular weight is 384 g/mol. The monoisotopic (exact) mass is 384 g/mol. The smallest absolute Gasteiger partial charge is 0.247 e. The van der Waals surface area contributed by atoms with Crippen molar-refractivity contribution in [1.29, 1.82) is 0 Å². The number of rotatable bonds is 4. The Morgan fingerprint density at radius 3 is 2.46 bits per heavy atom. The molecule has 0 bridgehead atoms. The molecule has 0 saturated carbocycles. The third-order valence-electron chi connectivity index (χ3n) is 4.61. The van der Waals surface area contributed by atoms with Crippen molar-refractivity contribution >= 4 is 17.5 Å². The van der Waals surface area contributed by atoms with Crippen molar-refractivity contribution < 1.29 is 18.7 Å². The second-order valence-corrected chi connectivity index (χ2v) is 7.98. The maximum Gasteiger partial charge on any atom is 0.247 e. The second-order valence-electron chi connectivity index (χ2n) is 7.98. The summed E-state index contributed by atoms with van der Waals surface area (Å²) in [5, 5.41) is 2.87. The van der Waals surface area contributed by atoms with Gasteiger partial charge in [0.25, 0.3) is 0 Å². The third kappa shape index (κ3) is 4.68. The summed E-state index contributed by atoms with van der Waals surface area (Å²) in [6.45, 7) is 6.19. The van der Waals surface area contributed by atoms with E-state index in [0.717, 1.165) is 6.42 Å². The number of nitrogens with one attached hydrogen (secondary N) is 1. The van der Waals surface area contributed by atoms with Crippen LogP contribution in [-0.4, -0.2) is 29.3 Å². The highest BCUT2D eigenvalue weighted by Crippen LogP contribution is 2.27. The molecular formula is C22H25FN2O3. The molecule has 1 unspecified atom stereocenters. The number of nitrogens with zero attached hydrogens (tertiary/aromatic N) is 1. The summed E-state index contributed by atoms with van der Waals surface area (Å²) >= 11 is 0. The van der Waals surface area contributed by atoms with Gasteiger partial charge in [-0.1, -0.05) is 26.8 Å². The second kappa shape index (κ2) is 8.00. The molecule has 0 spiro atoms. The normalized spacial score (nSPS) is 16.7. The molecule has 1 fully saturated rings. The predicted octanol–water partition coefficient (Wildman–Crippen LogP) is 4.59. The molecule has 0 aromatic heterocycles. The van der Waals surface area contributed by atoms with Gasteiger partial charge in [0.1, 0.15) is 23.4 Å². The Bertz CT molecular complexity index is 859. The molecular weight excluding hydrogens is 359 g/mol. The van der Waals surface area contributed by atoms with Crippen molar-refractivity contribution in [2.24, 2.45) is 5.41 Å². The van der Waals surface area contributed by atoms with E-state index in [1.54, 1.807) is 41.3 Å². The Hall–Kier alpha value is -2.89. The molecule has 1 aliphatic rings. The molecule has 1 aliphatic heterocycles. The van der Waals surface area contributed by atoms with Crippen LogP contribution >= 0.6 is 0 Å². The van der Waals surface area contributed by atoms with Crippen molar-refractivity contribution in [2.45, 2.75) is 39.7 Å². The lowest BCUT2D eigenvalue weighted by Gasteiger charge is -2.30. The van der Waals surface area contributed by atoms with E-state index in [1.165, 1.54) is 12.1 Å². The summed E-state index contributed by atoms with van der Waals surface area (Å²) < 4.78 is 18.8. The van der Waals surface area contributed by atoms with Gasteiger partial charge in [-0.15, -0.1) is 0 Å². The molecule has 1 saturated heterocycles. The zero-order valence-corrected chi connectivity index (χ0v) is 16.4. The highest BCUT2D eigenvalue weighted by atomic mass is 19.1. The first-order valence-corrected chi connectivity index (χ1v) is 9.39. The fraction of sp³-hybridized carbons (Fsp3) is 0.364. The lowest BCUT2D eigenvalue weighted by Crippen LogP contribution is -2.47. The number of anilines is 1. The number of halogens is 1. The van der Waals surface area contributed by atoms with E-state index in [0.29, 0.717) is 30.2 Å². The van der Waals surface area contributed by atoms with E-state index in [2.05, 4.69) is 5.32 Å². The van der Waals surface area contributed by atoms with Crippen LogP contribution in [0.15, 0.2) is 48.5 Å². The SMILES string of the molecule is CC(C)(C)C(=O)N1CCCC1C(=O)Nc1ccc(Oc2cccc(F)c2)cc1. The number of hydrogen-bond donors (Lipinski definition) is 1. The van der Waals surface area contributed by atoms with E-state index in [1.807, 2.05) is 20.8 Å². The van der Waals surface area contributed by atoms with Crippen LogP contribution in [0, 0.1) is 11.2 Å². The first-order chi connectivity index (χ1) is 13.2. The van der Waals surface area contributed by atoms with Gasteiger partial charge in [0.15, 0.2) is 0 Å². The van der Waals surface area contributed by atoms with Gasteiger partial charge in [0.05, 0.1) is 0 Å². The van der Waals surface area contributed by atoms with E-state index < -0.39 is 11.5 Å². The van der Waals surface area contributed by atoms with E-state index in [-0.39, 0.29) is 17.6 Å². The number of carbonyl (C=O) groups is 2. The number of benzene rings is 2. The van der Waals surface area contributed by atoms with Crippen LogP contribution in [-0.2, 0) is 9.59 Å². The number of amides is 2. The van der Waals surface area contributed by atoms with Gasteiger partial charge in [-0.05, 0) is 49.2 Å². The molecule has 6 heteroatoms. The van der Waals surface area contributed by atoms with Crippen LogP contribution in [0.4, 0.5) is 10.1 Å². The predicted molar refractivity (Wildman–Crippen MR) is 106 cm³/mol. The molecule has 2 aromatic carbocycles. The summed E-state index contributed by atoms with van der Waals surface area (Å²) in [6.07, 6.45) is 1.48. The quantitative estimate of drug-likeness (QED) is 0.839. The van der Waals surface area contributed by atoms with E-state index >= 15 is 0 Å². The van der Waals surface area contributed by atoms with Crippen molar-refractivity contribution in [3.8, 4) is 11.5 Å². The Labute approximate surface area is 164 Å². The van der Waals surface area contributed by atoms with Crippen LogP contribution in [0.1, 0.15) is 33.6 Å². The van der Waals surface area contributed by atoms with Gasteiger partial charge < -0.3 is 15.0 Å². The van der Waals surface area contributed by atoms with Crippen LogP contribution in [0.25, 0.3) is 0 Å². The fourth-order valence-corrected chi connectivity index (χ4v) is 3.21. The van der Waals surface area contributed by atoms with Gasteiger partial charge in [-0.2, -0.15) is 0 Å². The molecule has 148 valence electrons. The molecule has 1 N–H and O–H groups in total. The molecule has 2 amide bonds. The largest absolute Gasteiger partial charge is 0.457 e. The van der Waals surface area contributed by atoms with Crippen molar-refractivity contribution in [3.05, 3.63) is 54.3 Å². The summed E-state index contributed by atoms with van der Waals surface area (Å²) in [6, 6.07) is 12.3. The molecule has 28 heavy (non-hydrogen) atoms. The Kier molecular flexibility index (Phi) is 5.68. The van der Waals surface area contributed by atoms with E-state index in [4.69, 9.17) is 4.74 Å². The van der Waals surface area contributed by atoms with Crippen LogP contribution in [0.2, 0.25) is 0 Å². The lowest BCUT2D eigenvalue weighted by molar-refractivity contribution is -0.143. The minimum absolute atomic E-state index is 0.0102. The molecule has 1 heterocycles. The molecule has 3 rings (SSSR count). The maximum absolute atomic E-state index is 13.2. The third-order valence-corrected chi connectivity index (χ3v) is 4.61. The van der Waals surface area contributed by atoms with Gasteiger partial charge in [0.2, 0.25) is 11.8 Å². The summed E-state index contributed by atoms with van der Waals surface area (Å²) in [7, 11) is 0. The van der Waals surface area contributed by atoms with Gasteiger partial charge >= 0.3 is 0 Å². The minimum Gasteiger partial charge on any atom is -0.457 e. The fourth-order valence-electron chi connectivity index (χ4n) is 3.21. The number of hydrogen-bond acceptors (Lipinski definition) is 3. The number of likely N-dealkylation sites (tertiary alicyclic amines) is 1. The molecule has 5 nitrogen and oxygen atoms in total. The Morgan fingerprint density at radius 2 is 1.82 bits per heavy atom. The number of ether oxygens (including phenoxy) is 1. The standard InChI is InChI=1S/C22H25FN2O3/c1-22(2,3)21(27)25-13-5-8-19(25)20(26)24-16-9-11-17(12-10-16)28-18-7-4-6-15(23)14-18/h4,6-7,9-12,14,19H,5,8,13H2,1-3H3,(H,24,26). The van der Waals surface area contributed by atoms with E-state index in [9.17, 15) is 14.0 Å². The Balaban J connectivity index is 1.63. The zero-order valence-electron chi connectivity index (χ0n) is 16.4. The first kappa shape index (κ1) is 19.9. The van der Waals surface area contributed by atoms with Crippen LogP contribution < -0.4 is 10.1 Å².